The van der Waals surface area contributed by atoms with Gasteiger partial charge in [0.15, 0.2) is 0 Å². The molecule has 2 amide bonds. The van der Waals surface area contributed by atoms with Crippen LogP contribution in [-0.2, 0) is 17.8 Å². The van der Waals surface area contributed by atoms with Crippen LogP contribution < -0.4 is 10.5 Å². The van der Waals surface area contributed by atoms with Crippen molar-refractivity contribution in [2.24, 2.45) is 0 Å². The third-order valence-electron chi connectivity index (χ3n) is 6.23. The summed E-state index contributed by atoms with van der Waals surface area (Å²) in [4.78, 5) is 48.2. The first-order valence-electron chi connectivity index (χ1n) is 10.7. The summed E-state index contributed by atoms with van der Waals surface area (Å²) in [5.41, 5.74) is 2.50. The molecule has 0 spiro atoms. The van der Waals surface area contributed by atoms with Crippen molar-refractivity contribution >= 4 is 39.1 Å². The zero-order valence-electron chi connectivity index (χ0n) is 17.5. The quantitative estimate of drug-likeness (QED) is 0.633. The van der Waals surface area contributed by atoms with Crippen LogP contribution in [0.4, 0.5) is 5.69 Å². The minimum atomic E-state index is -0.260. The maximum Gasteiger partial charge on any atom is 0.268 e. The van der Waals surface area contributed by atoms with Gasteiger partial charge in [-0.3, -0.25) is 19.0 Å². The second-order valence-electron chi connectivity index (χ2n) is 8.19. The van der Waals surface area contributed by atoms with Crippen LogP contribution in [-0.4, -0.2) is 45.9 Å². The monoisotopic (exact) mass is 436 g/mol. The molecule has 0 N–H and O–H groups in total. The van der Waals surface area contributed by atoms with Gasteiger partial charge in [0.25, 0.3) is 11.5 Å². The molecule has 0 radical (unpaired) electrons. The average molecular weight is 437 g/mol. The second kappa shape index (κ2) is 7.92. The molecular formula is C23H24N4O3S. The van der Waals surface area contributed by atoms with Crippen molar-refractivity contribution in [1.82, 2.24) is 14.5 Å². The van der Waals surface area contributed by atoms with Crippen molar-refractivity contribution in [3.8, 4) is 0 Å². The Balaban J connectivity index is 1.49. The molecule has 4 heterocycles. The van der Waals surface area contributed by atoms with Crippen LogP contribution in [0.15, 0.2) is 35.4 Å². The lowest BCUT2D eigenvalue weighted by Gasteiger charge is -2.29. The Bertz CT molecular complexity index is 1240. The molecule has 8 heteroatoms. The maximum absolute atomic E-state index is 13.4. The first kappa shape index (κ1) is 19.9. The highest BCUT2D eigenvalue weighted by atomic mass is 32.1. The van der Waals surface area contributed by atoms with E-state index in [9.17, 15) is 14.4 Å². The summed E-state index contributed by atoms with van der Waals surface area (Å²) >= 11 is 1.26. The SMILES string of the molecule is Cc1c(C(=O)N2CCCc3ccccc32)sc2ncn(CC(=O)N3CCCC3)c(=O)c12. The summed E-state index contributed by atoms with van der Waals surface area (Å²) < 4.78 is 1.37. The van der Waals surface area contributed by atoms with Gasteiger partial charge in [0.2, 0.25) is 5.91 Å². The fourth-order valence-electron chi connectivity index (χ4n) is 4.56. The number of hydrogen-bond donors (Lipinski definition) is 0. The van der Waals surface area contributed by atoms with Crippen LogP contribution in [0, 0.1) is 6.92 Å². The van der Waals surface area contributed by atoms with E-state index in [2.05, 4.69) is 11.1 Å². The third-order valence-corrected chi connectivity index (χ3v) is 7.42. The van der Waals surface area contributed by atoms with Gasteiger partial charge in [-0.25, -0.2) is 4.98 Å². The Hall–Kier alpha value is -3.00. The van der Waals surface area contributed by atoms with Crippen LogP contribution in [0.2, 0.25) is 0 Å². The predicted octanol–water partition coefficient (Wildman–Crippen LogP) is 2.98. The number of carbonyl (C=O) groups excluding carboxylic acids is 2. The smallest absolute Gasteiger partial charge is 0.268 e. The molecular weight excluding hydrogens is 412 g/mol. The number of amides is 2. The van der Waals surface area contributed by atoms with Crippen molar-refractivity contribution in [2.75, 3.05) is 24.5 Å². The second-order valence-corrected chi connectivity index (χ2v) is 9.19. The summed E-state index contributed by atoms with van der Waals surface area (Å²) in [7, 11) is 0. The summed E-state index contributed by atoms with van der Waals surface area (Å²) in [6.07, 6.45) is 5.32. The first-order valence-corrected chi connectivity index (χ1v) is 11.5. The van der Waals surface area contributed by atoms with Crippen molar-refractivity contribution in [3.63, 3.8) is 0 Å². The largest absolute Gasteiger partial charge is 0.341 e. The Morgan fingerprint density at radius 1 is 1.10 bits per heavy atom. The summed E-state index contributed by atoms with van der Waals surface area (Å²) in [6.45, 7) is 3.94. The van der Waals surface area contributed by atoms with Crippen molar-refractivity contribution < 1.29 is 9.59 Å². The first-order chi connectivity index (χ1) is 15.0. The van der Waals surface area contributed by atoms with Crippen LogP contribution in [0.25, 0.3) is 10.2 Å². The average Bonchev–Trinajstić information content (AvgIpc) is 3.43. The van der Waals surface area contributed by atoms with Crippen molar-refractivity contribution in [3.05, 3.63) is 57.0 Å². The number of aryl methyl sites for hydroxylation is 2. The van der Waals surface area contributed by atoms with E-state index < -0.39 is 0 Å². The molecule has 2 aliphatic heterocycles. The number of aromatic nitrogens is 2. The van der Waals surface area contributed by atoms with Crippen LogP contribution in [0.3, 0.4) is 0 Å². The molecule has 1 saturated heterocycles. The maximum atomic E-state index is 13.4. The molecule has 5 rings (SSSR count). The van der Waals surface area contributed by atoms with E-state index in [0.29, 0.717) is 27.2 Å². The molecule has 160 valence electrons. The molecule has 31 heavy (non-hydrogen) atoms. The lowest BCUT2D eigenvalue weighted by atomic mass is 10.0. The predicted molar refractivity (Wildman–Crippen MR) is 121 cm³/mol. The van der Waals surface area contributed by atoms with Gasteiger partial charge in [0.05, 0.1) is 16.6 Å². The fourth-order valence-corrected chi connectivity index (χ4v) is 5.64. The van der Waals surface area contributed by atoms with Gasteiger partial charge >= 0.3 is 0 Å². The van der Waals surface area contributed by atoms with E-state index in [1.165, 1.54) is 27.8 Å². The van der Waals surface area contributed by atoms with Gasteiger partial charge in [0.1, 0.15) is 11.4 Å². The molecule has 0 bridgehead atoms. The van der Waals surface area contributed by atoms with E-state index in [1.54, 1.807) is 11.8 Å². The van der Waals surface area contributed by atoms with Crippen LogP contribution >= 0.6 is 11.3 Å². The Labute approximate surface area is 183 Å². The molecule has 1 aromatic carbocycles. The van der Waals surface area contributed by atoms with Gasteiger partial charge in [-0.1, -0.05) is 18.2 Å². The summed E-state index contributed by atoms with van der Waals surface area (Å²) in [5.74, 6) is -0.151. The molecule has 7 nitrogen and oxygen atoms in total. The summed E-state index contributed by atoms with van der Waals surface area (Å²) in [6, 6.07) is 7.97. The Morgan fingerprint density at radius 3 is 2.68 bits per heavy atom. The van der Waals surface area contributed by atoms with E-state index in [0.717, 1.165) is 44.5 Å². The van der Waals surface area contributed by atoms with Gasteiger partial charge in [-0.15, -0.1) is 11.3 Å². The lowest BCUT2D eigenvalue weighted by Crippen LogP contribution is -2.35. The number of thiophene rings is 1. The normalized spacial score (nSPS) is 16.0. The van der Waals surface area contributed by atoms with Crippen molar-refractivity contribution in [2.45, 2.75) is 39.2 Å². The minimum absolute atomic E-state index is 0.0140. The van der Waals surface area contributed by atoms with Crippen LogP contribution in [0.5, 0.6) is 0 Å². The van der Waals surface area contributed by atoms with Crippen LogP contribution in [0.1, 0.15) is 40.1 Å². The number of hydrogen-bond acceptors (Lipinski definition) is 5. The van der Waals surface area contributed by atoms with Gasteiger partial charge in [0, 0.05) is 25.3 Å². The minimum Gasteiger partial charge on any atom is -0.341 e. The number of benzene rings is 1. The number of nitrogens with zero attached hydrogens (tertiary/aromatic N) is 4. The molecule has 0 unspecified atom stereocenters. The highest BCUT2D eigenvalue weighted by Gasteiger charge is 2.28. The Kier molecular flexibility index (Phi) is 5.09. The highest BCUT2D eigenvalue weighted by Crippen LogP contribution is 2.33. The van der Waals surface area contributed by atoms with E-state index >= 15 is 0 Å². The number of likely N-dealkylation sites (tertiary alicyclic amines) is 1. The molecule has 0 aliphatic carbocycles. The third kappa shape index (κ3) is 3.44. The fraction of sp³-hybridized carbons (Fsp3) is 0.391. The van der Waals surface area contributed by atoms with Crippen molar-refractivity contribution in [1.29, 1.82) is 0 Å². The number of anilines is 1. The molecule has 2 aromatic heterocycles. The number of para-hydroxylation sites is 1. The molecule has 1 fully saturated rings. The standard InChI is InChI=1S/C23H24N4O3S/c1-15-19-21(24-14-26(22(19)29)13-18(28)25-10-4-5-11-25)31-20(15)23(30)27-12-6-8-16-7-2-3-9-17(16)27/h2-3,7,9,14H,4-6,8,10-13H2,1H3. The van der Waals surface area contributed by atoms with Gasteiger partial charge < -0.3 is 9.80 Å². The molecule has 0 saturated carbocycles. The van der Waals surface area contributed by atoms with Gasteiger partial charge in [-0.05, 0) is 49.8 Å². The number of rotatable bonds is 3. The zero-order chi connectivity index (χ0) is 21.5. The van der Waals surface area contributed by atoms with E-state index in [4.69, 9.17) is 0 Å². The van der Waals surface area contributed by atoms with Gasteiger partial charge in [-0.2, -0.15) is 0 Å². The van der Waals surface area contributed by atoms with E-state index in [-0.39, 0.29) is 23.9 Å². The molecule has 3 aromatic rings. The molecule has 0 atom stereocenters. The summed E-state index contributed by atoms with van der Waals surface area (Å²) in [5, 5.41) is 0.440. The lowest BCUT2D eigenvalue weighted by molar-refractivity contribution is -0.130. The number of carbonyl (C=O) groups is 2. The molecule has 2 aliphatic rings. The number of fused-ring (bicyclic) bond motifs is 2. The topological polar surface area (TPSA) is 75.5 Å². The highest BCUT2D eigenvalue weighted by molar-refractivity contribution is 7.20. The zero-order valence-corrected chi connectivity index (χ0v) is 18.3. The van der Waals surface area contributed by atoms with E-state index in [1.807, 2.05) is 23.1 Å². The Morgan fingerprint density at radius 2 is 1.87 bits per heavy atom.